The number of piperidine rings is 1. The first kappa shape index (κ1) is 15.1. The first-order valence-electron chi connectivity index (χ1n) is 7.70. The van der Waals surface area contributed by atoms with Crippen molar-refractivity contribution >= 4 is 0 Å². The van der Waals surface area contributed by atoms with Crippen molar-refractivity contribution in [2.24, 2.45) is 5.73 Å². The molecule has 3 nitrogen and oxygen atoms in total. The lowest BCUT2D eigenvalue weighted by atomic mass is 10.1. The number of nitrogens with zero attached hydrogens (tertiary/aromatic N) is 1. The van der Waals surface area contributed by atoms with Crippen molar-refractivity contribution in [3.8, 4) is 0 Å². The number of hydrogen-bond acceptors (Lipinski definition) is 3. The van der Waals surface area contributed by atoms with Crippen LogP contribution in [0, 0.1) is 0 Å². The lowest BCUT2D eigenvalue weighted by molar-refractivity contribution is 0.221. The molecule has 0 spiro atoms. The van der Waals surface area contributed by atoms with Gasteiger partial charge in [-0.15, -0.1) is 0 Å². The van der Waals surface area contributed by atoms with Crippen molar-refractivity contribution < 1.29 is 0 Å². The van der Waals surface area contributed by atoms with Gasteiger partial charge in [-0.1, -0.05) is 37.3 Å². The van der Waals surface area contributed by atoms with E-state index in [4.69, 9.17) is 5.73 Å². The standard InChI is InChI=1S/C17H27N3/c1-15(19-14-18)5-6-16-7-9-17(10-8-16)13-20-11-3-2-4-12-20/h7-10,19H,1-6,11-14,18H2. The molecule has 0 atom stereocenters. The van der Waals surface area contributed by atoms with Gasteiger partial charge in [-0.25, -0.2) is 0 Å². The minimum atomic E-state index is 0.466. The molecule has 1 aromatic carbocycles. The third kappa shape index (κ3) is 4.99. The molecule has 1 heterocycles. The van der Waals surface area contributed by atoms with Crippen LogP contribution in [0.15, 0.2) is 36.5 Å². The van der Waals surface area contributed by atoms with Crippen LogP contribution >= 0.6 is 0 Å². The smallest absolute Gasteiger partial charge is 0.0624 e. The molecule has 1 saturated heterocycles. The molecule has 0 amide bonds. The largest absolute Gasteiger partial charge is 0.376 e. The average molecular weight is 273 g/mol. The minimum absolute atomic E-state index is 0.466. The maximum Gasteiger partial charge on any atom is 0.0624 e. The molecule has 3 heteroatoms. The average Bonchev–Trinajstić information content (AvgIpc) is 2.48. The number of likely N-dealkylation sites (tertiary alicyclic amines) is 1. The van der Waals surface area contributed by atoms with Crippen molar-refractivity contribution in [1.82, 2.24) is 10.2 Å². The highest BCUT2D eigenvalue weighted by Crippen LogP contribution is 2.14. The predicted octanol–water partition coefficient (Wildman–Crippen LogP) is 2.62. The summed E-state index contributed by atoms with van der Waals surface area (Å²) in [6, 6.07) is 9.02. The third-order valence-corrected chi connectivity index (χ3v) is 3.95. The third-order valence-electron chi connectivity index (χ3n) is 3.95. The van der Waals surface area contributed by atoms with E-state index >= 15 is 0 Å². The van der Waals surface area contributed by atoms with E-state index in [0.29, 0.717) is 6.67 Å². The second kappa shape index (κ2) is 8.08. The van der Waals surface area contributed by atoms with Gasteiger partial charge in [0, 0.05) is 12.2 Å². The van der Waals surface area contributed by atoms with Crippen LogP contribution in [0.5, 0.6) is 0 Å². The number of rotatable bonds is 7. The molecule has 0 bridgehead atoms. The fourth-order valence-electron chi connectivity index (χ4n) is 2.72. The first-order valence-corrected chi connectivity index (χ1v) is 7.70. The zero-order chi connectivity index (χ0) is 14.2. The van der Waals surface area contributed by atoms with E-state index in [-0.39, 0.29) is 0 Å². The van der Waals surface area contributed by atoms with E-state index in [1.807, 2.05) is 0 Å². The van der Waals surface area contributed by atoms with E-state index in [1.54, 1.807) is 0 Å². The molecule has 1 aliphatic heterocycles. The highest BCUT2D eigenvalue weighted by Gasteiger charge is 2.10. The van der Waals surface area contributed by atoms with Crippen molar-refractivity contribution in [3.63, 3.8) is 0 Å². The molecule has 0 unspecified atom stereocenters. The fourth-order valence-corrected chi connectivity index (χ4v) is 2.72. The number of allylic oxidation sites excluding steroid dienone is 1. The van der Waals surface area contributed by atoms with Gasteiger partial charge in [0.1, 0.15) is 0 Å². The summed E-state index contributed by atoms with van der Waals surface area (Å²) in [4.78, 5) is 2.56. The lowest BCUT2D eigenvalue weighted by Gasteiger charge is -2.26. The van der Waals surface area contributed by atoms with Gasteiger partial charge < -0.3 is 11.1 Å². The van der Waals surface area contributed by atoms with Crippen LogP contribution in [-0.4, -0.2) is 24.7 Å². The molecular weight excluding hydrogens is 246 g/mol. The van der Waals surface area contributed by atoms with E-state index in [0.717, 1.165) is 25.1 Å². The van der Waals surface area contributed by atoms with E-state index in [9.17, 15) is 0 Å². The van der Waals surface area contributed by atoms with Crippen molar-refractivity contribution in [3.05, 3.63) is 47.7 Å². The molecule has 1 fully saturated rings. The summed E-state index contributed by atoms with van der Waals surface area (Å²) in [6.45, 7) is 8.03. The number of nitrogens with two attached hydrogens (primary N) is 1. The van der Waals surface area contributed by atoms with Crippen LogP contribution in [0.3, 0.4) is 0 Å². The van der Waals surface area contributed by atoms with Gasteiger partial charge in [0.2, 0.25) is 0 Å². The highest BCUT2D eigenvalue weighted by atomic mass is 15.1. The Bertz CT molecular complexity index is 405. The van der Waals surface area contributed by atoms with Gasteiger partial charge in [0.15, 0.2) is 0 Å². The second-order valence-corrected chi connectivity index (χ2v) is 5.64. The van der Waals surface area contributed by atoms with Crippen molar-refractivity contribution in [2.45, 2.75) is 38.6 Å². The molecule has 1 aliphatic rings. The van der Waals surface area contributed by atoms with Gasteiger partial charge in [0.05, 0.1) is 6.67 Å². The monoisotopic (exact) mass is 273 g/mol. The minimum Gasteiger partial charge on any atom is -0.376 e. The van der Waals surface area contributed by atoms with E-state index < -0.39 is 0 Å². The fraction of sp³-hybridized carbons (Fsp3) is 0.529. The summed E-state index contributed by atoms with van der Waals surface area (Å²) < 4.78 is 0. The maximum atomic E-state index is 5.43. The second-order valence-electron chi connectivity index (χ2n) is 5.64. The van der Waals surface area contributed by atoms with Crippen molar-refractivity contribution in [1.29, 1.82) is 0 Å². The molecule has 3 N–H and O–H groups in total. The summed E-state index contributed by atoms with van der Waals surface area (Å²) in [7, 11) is 0. The Hall–Kier alpha value is -1.32. The van der Waals surface area contributed by atoms with Gasteiger partial charge >= 0.3 is 0 Å². The summed E-state index contributed by atoms with van der Waals surface area (Å²) in [6.07, 6.45) is 6.08. The van der Waals surface area contributed by atoms with Gasteiger partial charge in [-0.05, 0) is 49.9 Å². The lowest BCUT2D eigenvalue weighted by Crippen LogP contribution is -2.29. The van der Waals surface area contributed by atoms with Crippen LogP contribution in [0.1, 0.15) is 36.8 Å². The first-order chi connectivity index (χ1) is 9.78. The molecule has 0 aliphatic carbocycles. The van der Waals surface area contributed by atoms with Crippen LogP contribution in [0.2, 0.25) is 0 Å². The molecule has 110 valence electrons. The number of benzene rings is 1. The molecule has 0 saturated carbocycles. The van der Waals surface area contributed by atoms with E-state index in [2.05, 4.69) is 41.1 Å². The molecule has 0 radical (unpaired) electrons. The molecule has 0 aromatic heterocycles. The van der Waals surface area contributed by atoms with Crippen LogP contribution < -0.4 is 11.1 Å². The normalized spacial score (nSPS) is 16.1. The van der Waals surface area contributed by atoms with Gasteiger partial charge in [0.25, 0.3) is 0 Å². The zero-order valence-corrected chi connectivity index (χ0v) is 12.4. The summed E-state index contributed by atoms with van der Waals surface area (Å²) >= 11 is 0. The van der Waals surface area contributed by atoms with Crippen LogP contribution in [-0.2, 0) is 13.0 Å². The van der Waals surface area contributed by atoms with Gasteiger partial charge in [-0.2, -0.15) is 0 Å². The maximum absolute atomic E-state index is 5.43. The molecule has 1 aromatic rings. The molecule has 2 rings (SSSR count). The zero-order valence-electron chi connectivity index (χ0n) is 12.4. The Kier molecular flexibility index (Phi) is 6.09. The summed E-state index contributed by atoms with van der Waals surface area (Å²) in [5.41, 5.74) is 9.24. The Labute approximate surface area is 122 Å². The Balaban J connectivity index is 1.78. The van der Waals surface area contributed by atoms with Crippen LogP contribution in [0.25, 0.3) is 0 Å². The Morgan fingerprint density at radius 2 is 1.75 bits per heavy atom. The number of hydrogen-bond donors (Lipinski definition) is 2. The molecular formula is C17H27N3. The van der Waals surface area contributed by atoms with Crippen molar-refractivity contribution in [2.75, 3.05) is 19.8 Å². The van der Waals surface area contributed by atoms with Crippen LogP contribution in [0.4, 0.5) is 0 Å². The number of aryl methyl sites for hydroxylation is 1. The van der Waals surface area contributed by atoms with E-state index in [1.165, 1.54) is 43.5 Å². The Morgan fingerprint density at radius 1 is 1.10 bits per heavy atom. The quantitative estimate of drug-likeness (QED) is 0.750. The highest BCUT2D eigenvalue weighted by molar-refractivity contribution is 5.23. The summed E-state index contributed by atoms with van der Waals surface area (Å²) in [5, 5.41) is 3.06. The summed E-state index contributed by atoms with van der Waals surface area (Å²) in [5.74, 6) is 0. The predicted molar refractivity (Wildman–Crippen MR) is 85.2 cm³/mol. The molecule has 20 heavy (non-hydrogen) atoms. The Morgan fingerprint density at radius 3 is 2.40 bits per heavy atom. The SMILES string of the molecule is C=C(CCc1ccc(CN2CCCCC2)cc1)NCN. The van der Waals surface area contributed by atoms with Gasteiger partial charge in [-0.3, -0.25) is 4.90 Å². The topological polar surface area (TPSA) is 41.3 Å². The number of nitrogens with one attached hydrogen (secondary N) is 1.